The van der Waals surface area contributed by atoms with Gasteiger partial charge in [0.05, 0.1) is 6.04 Å². The fourth-order valence-corrected chi connectivity index (χ4v) is 2.63. The molecule has 1 aromatic rings. The van der Waals surface area contributed by atoms with Gasteiger partial charge in [-0.15, -0.1) is 0 Å². The molecule has 0 spiro atoms. The Balaban J connectivity index is 2.03. The average molecular weight is 288 g/mol. The van der Waals surface area contributed by atoms with E-state index in [1.165, 1.54) is 0 Å². The minimum absolute atomic E-state index is 0.000816. The Kier molecular flexibility index (Phi) is 4.75. The monoisotopic (exact) mass is 288 g/mol. The number of carbonyl (C=O) groups is 2. The number of nitrogens with zero attached hydrogens (tertiary/aromatic N) is 1. The highest BCUT2D eigenvalue weighted by atomic mass is 16.5. The first-order valence-corrected chi connectivity index (χ1v) is 7.03. The van der Waals surface area contributed by atoms with Crippen LogP contribution in [-0.2, 0) is 9.59 Å². The van der Waals surface area contributed by atoms with Crippen molar-refractivity contribution in [2.75, 3.05) is 6.54 Å². The Bertz CT molecular complexity index is 581. The van der Waals surface area contributed by atoms with Gasteiger partial charge in [-0.3, -0.25) is 14.8 Å². The predicted octanol–water partition coefficient (Wildman–Crippen LogP) is 2.11. The summed E-state index contributed by atoms with van der Waals surface area (Å²) in [5.41, 5.74) is 4.51. The van der Waals surface area contributed by atoms with Crippen LogP contribution in [0.3, 0.4) is 0 Å². The Morgan fingerprint density at radius 1 is 1.43 bits per heavy atom. The number of aryl methyl sites for hydroxylation is 1. The van der Waals surface area contributed by atoms with Crippen LogP contribution < -0.4 is 5.48 Å². The zero-order valence-electron chi connectivity index (χ0n) is 12.3. The molecule has 2 N–H and O–H groups in total. The molecule has 1 unspecified atom stereocenters. The Morgan fingerprint density at radius 3 is 2.81 bits per heavy atom. The van der Waals surface area contributed by atoms with Gasteiger partial charge in [0.2, 0.25) is 11.8 Å². The fourth-order valence-electron chi connectivity index (χ4n) is 2.63. The first kappa shape index (κ1) is 15.3. The van der Waals surface area contributed by atoms with Crippen molar-refractivity contribution in [3.63, 3.8) is 0 Å². The SMILES string of the molecule is Cc1ccccc1C(C)N1CC=C(CCC(=O)NO)C1=O. The summed E-state index contributed by atoms with van der Waals surface area (Å²) in [4.78, 5) is 25.2. The van der Waals surface area contributed by atoms with E-state index in [1.54, 1.807) is 10.4 Å². The fraction of sp³-hybridized carbons (Fsp3) is 0.375. The summed E-state index contributed by atoms with van der Waals surface area (Å²) < 4.78 is 0. The van der Waals surface area contributed by atoms with Crippen molar-refractivity contribution >= 4 is 11.8 Å². The molecule has 5 heteroatoms. The molecule has 0 fully saturated rings. The molecular weight excluding hydrogens is 268 g/mol. The lowest BCUT2D eigenvalue weighted by atomic mass is 10.0. The maximum absolute atomic E-state index is 12.4. The van der Waals surface area contributed by atoms with Crippen LogP contribution in [0.25, 0.3) is 0 Å². The smallest absolute Gasteiger partial charge is 0.250 e. The number of hydroxylamine groups is 1. The summed E-state index contributed by atoms with van der Waals surface area (Å²) in [6.07, 6.45) is 2.32. The highest BCUT2D eigenvalue weighted by molar-refractivity contribution is 5.96. The zero-order valence-corrected chi connectivity index (χ0v) is 12.3. The quantitative estimate of drug-likeness (QED) is 0.644. The molecule has 2 amide bonds. The first-order valence-electron chi connectivity index (χ1n) is 7.03. The van der Waals surface area contributed by atoms with Gasteiger partial charge < -0.3 is 4.90 Å². The predicted molar refractivity (Wildman–Crippen MR) is 78.6 cm³/mol. The molecule has 1 heterocycles. The molecule has 0 saturated heterocycles. The van der Waals surface area contributed by atoms with E-state index in [9.17, 15) is 9.59 Å². The van der Waals surface area contributed by atoms with Crippen LogP contribution in [0.4, 0.5) is 0 Å². The molecule has 1 atom stereocenters. The standard InChI is InChI=1S/C16H20N2O3/c1-11-5-3-4-6-14(11)12(2)18-10-9-13(16(18)20)7-8-15(19)17-21/h3-6,9,12,21H,7-8,10H2,1-2H3,(H,17,19). The van der Waals surface area contributed by atoms with Gasteiger partial charge >= 0.3 is 0 Å². The molecule has 0 radical (unpaired) electrons. The number of nitrogens with one attached hydrogen (secondary N) is 1. The summed E-state index contributed by atoms with van der Waals surface area (Å²) in [7, 11) is 0. The topological polar surface area (TPSA) is 69.6 Å². The second-order valence-corrected chi connectivity index (χ2v) is 5.25. The van der Waals surface area contributed by atoms with Crippen LogP contribution in [-0.4, -0.2) is 28.5 Å². The van der Waals surface area contributed by atoms with Crippen molar-refractivity contribution in [3.8, 4) is 0 Å². The molecule has 0 aromatic heterocycles. The van der Waals surface area contributed by atoms with Crippen molar-refractivity contribution in [1.82, 2.24) is 10.4 Å². The molecule has 5 nitrogen and oxygen atoms in total. The molecular formula is C16H20N2O3. The molecule has 0 aliphatic carbocycles. The number of hydrogen-bond acceptors (Lipinski definition) is 3. The van der Waals surface area contributed by atoms with Gasteiger partial charge in [0.1, 0.15) is 0 Å². The number of amides is 2. The van der Waals surface area contributed by atoms with Crippen molar-refractivity contribution in [2.24, 2.45) is 0 Å². The van der Waals surface area contributed by atoms with Gasteiger partial charge in [0.15, 0.2) is 0 Å². The van der Waals surface area contributed by atoms with Gasteiger partial charge in [-0.25, -0.2) is 5.48 Å². The maximum Gasteiger partial charge on any atom is 0.250 e. The molecule has 1 aromatic carbocycles. The Labute approximate surface area is 124 Å². The maximum atomic E-state index is 12.4. The van der Waals surface area contributed by atoms with E-state index in [1.807, 2.05) is 44.2 Å². The molecule has 1 aliphatic heterocycles. The van der Waals surface area contributed by atoms with Gasteiger partial charge in [0, 0.05) is 18.5 Å². The van der Waals surface area contributed by atoms with E-state index in [0.717, 1.165) is 11.1 Å². The van der Waals surface area contributed by atoms with Gasteiger partial charge in [-0.2, -0.15) is 0 Å². The summed E-state index contributed by atoms with van der Waals surface area (Å²) in [5.74, 6) is -0.509. The molecule has 0 saturated carbocycles. The Morgan fingerprint density at radius 2 is 2.14 bits per heavy atom. The van der Waals surface area contributed by atoms with Crippen molar-refractivity contribution in [2.45, 2.75) is 32.7 Å². The number of benzene rings is 1. The lowest BCUT2D eigenvalue weighted by molar-refractivity contribution is -0.129. The van der Waals surface area contributed by atoms with Crippen LogP contribution in [0.15, 0.2) is 35.9 Å². The minimum Gasteiger partial charge on any atom is -0.328 e. The number of hydrogen-bond donors (Lipinski definition) is 2. The van der Waals surface area contributed by atoms with Crippen LogP contribution in [0, 0.1) is 6.92 Å². The van der Waals surface area contributed by atoms with Crippen LogP contribution in [0.1, 0.15) is 36.9 Å². The molecule has 0 bridgehead atoms. The van der Waals surface area contributed by atoms with Crippen LogP contribution in [0.2, 0.25) is 0 Å². The number of rotatable bonds is 5. The zero-order chi connectivity index (χ0) is 15.4. The minimum atomic E-state index is -0.478. The average Bonchev–Trinajstić information content (AvgIpc) is 2.85. The van der Waals surface area contributed by atoms with E-state index in [0.29, 0.717) is 18.5 Å². The van der Waals surface area contributed by atoms with Crippen LogP contribution in [0.5, 0.6) is 0 Å². The van der Waals surface area contributed by atoms with Gasteiger partial charge in [-0.05, 0) is 31.4 Å². The Hall–Kier alpha value is -2.14. The number of carbonyl (C=O) groups excluding carboxylic acids is 2. The van der Waals surface area contributed by atoms with E-state index >= 15 is 0 Å². The molecule has 21 heavy (non-hydrogen) atoms. The lowest BCUT2D eigenvalue weighted by Gasteiger charge is -2.26. The molecule has 2 rings (SSSR count). The highest BCUT2D eigenvalue weighted by Crippen LogP contribution is 2.28. The molecule has 112 valence electrons. The van der Waals surface area contributed by atoms with E-state index in [4.69, 9.17) is 5.21 Å². The molecule has 1 aliphatic rings. The summed E-state index contributed by atoms with van der Waals surface area (Å²) in [6, 6.07) is 8.02. The highest BCUT2D eigenvalue weighted by Gasteiger charge is 2.28. The summed E-state index contributed by atoms with van der Waals surface area (Å²) in [6.45, 7) is 4.61. The third-order valence-electron chi connectivity index (χ3n) is 3.92. The second kappa shape index (κ2) is 6.54. The third-order valence-corrected chi connectivity index (χ3v) is 3.92. The van der Waals surface area contributed by atoms with Crippen molar-refractivity contribution in [1.29, 1.82) is 0 Å². The van der Waals surface area contributed by atoms with Crippen molar-refractivity contribution < 1.29 is 14.8 Å². The summed E-state index contributed by atoms with van der Waals surface area (Å²) in [5, 5.41) is 8.48. The van der Waals surface area contributed by atoms with Gasteiger partial charge in [-0.1, -0.05) is 30.3 Å². The van der Waals surface area contributed by atoms with Gasteiger partial charge in [0.25, 0.3) is 0 Å². The lowest BCUT2D eigenvalue weighted by Crippen LogP contribution is -2.30. The van der Waals surface area contributed by atoms with Crippen LogP contribution >= 0.6 is 0 Å². The van der Waals surface area contributed by atoms with E-state index in [2.05, 4.69) is 0 Å². The summed E-state index contributed by atoms with van der Waals surface area (Å²) >= 11 is 0. The van der Waals surface area contributed by atoms with Crippen molar-refractivity contribution in [3.05, 3.63) is 47.0 Å². The van der Waals surface area contributed by atoms with E-state index in [-0.39, 0.29) is 18.4 Å². The normalized spacial score (nSPS) is 15.9. The third kappa shape index (κ3) is 3.31. The van der Waals surface area contributed by atoms with E-state index < -0.39 is 5.91 Å². The first-order chi connectivity index (χ1) is 10.0. The largest absolute Gasteiger partial charge is 0.328 e. The second-order valence-electron chi connectivity index (χ2n) is 5.25.